The zero-order valence-corrected chi connectivity index (χ0v) is 13.0. The average molecular weight is 306 g/mol. The van der Waals surface area contributed by atoms with Gasteiger partial charge in [0.05, 0.1) is 6.54 Å². The van der Waals surface area contributed by atoms with Crippen molar-refractivity contribution in [3.63, 3.8) is 0 Å². The zero-order chi connectivity index (χ0) is 16.5. The predicted octanol–water partition coefficient (Wildman–Crippen LogP) is 3.10. The van der Waals surface area contributed by atoms with Crippen LogP contribution in [0.4, 0.5) is 0 Å². The third kappa shape index (κ3) is 5.33. The van der Waals surface area contributed by atoms with Gasteiger partial charge in [0.2, 0.25) is 0 Å². The van der Waals surface area contributed by atoms with Crippen LogP contribution in [0.25, 0.3) is 6.08 Å². The standard InChI is InChI=1S/C19H18N2O2/c1-15-7-9-18(10-8-15)23-12-11-21-19(22)17(14-20)13-16-5-3-2-4-6-16/h2-10,13H,11-12H2,1H3,(H,21,22)/b17-13+. The smallest absolute Gasteiger partial charge is 0.262 e. The van der Waals surface area contributed by atoms with Gasteiger partial charge in [-0.2, -0.15) is 5.26 Å². The summed E-state index contributed by atoms with van der Waals surface area (Å²) in [6.45, 7) is 2.69. The normalized spacial score (nSPS) is 10.7. The van der Waals surface area contributed by atoms with E-state index in [1.54, 1.807) is 6.08 Å². The first-order valence-corrected chi connectivity index (χ1v) is 7.33. The Hall–Kier alpha value is -3.06. The summed E-state index contributed by atoms with van der Waals surface area (Å²) in [5.41, 5.74) is 2.05. The second-order valence-corrected chi connectivity index (χ2v) is 5.00. The molecule has 2 rings (SSSR count). The van der Waals surface area contributed by atoms with E-state index in [1.807, 2.05) is 67.6 Å². The van der Waals surface area contributed by atoms with E-state index in [0.717, 1.165) is 16.9 Å². The summed E-state index contributed by atoms with van der Waals surface area (Å²) in [5.74, 6) is 0.356. The molecule has 0 radical (unpaired) electrons. The fraction of sp³-hybridized carbons (Fsp3) is 0.158. The Morgan fingerprint density at radius 3 is 2.52 bits per heavy atom. The van der Waals surface area contributed by atoms with E-state index in [2.05, 4.69) is 5.32 Å². The molecule has 0 heterocycles. The number of aryl methyl sites for hydroxylation is 1. The number of ether oxygens (including phenoxy) is 1. The second kappa shape index (κ2) is 8.40. The molecular formula is C19H18N2O2. The Kier molecular flexibility index (Phi) is 5.96. The summed E-state index contributed by atoms with van der Waals surface area (Å²) in [5, 5.41) is 11.8. The SMILES string of the molecule is Cc1ccc(OCCNC(=O)/C(C#N)=C/c2ccccc2)cc1. The molecule has 0 spiro atoms. The van der Waals surface area contributed by atoms with Gasteiger partial charge in [-0.25, -0.2) is 0 Å². The van der Waals surface area contributed by atoms with Gasteiger partial charge in [-0.3, -0.25) is 4.79 Å². The first kappa shape index (κ1) is 16.3. The molecule has 2 aromatic carbocycles. The molecule has 0 aromatic heterocycles. The van der Waals surface area contributed by atoms with Crippen LogP contribution < -0.4 is 10.1 Å². The second-order valence-electron chi connectivity index (χ2n) is 5.00. The van der Waals surface area contributed by atoms with Gasteiger partial charge in [0, 0.05) is 0 Å². The van der Waals surface area contributed by atoms with Crippen molar-refractivity contribution in [1.29, 1.82) is 5.26 Å². The molecule has 4 heteroatoms. The van der Waals surface area contributed by atoms with E-state index >= 15 is 0 Å². The summed E-state index contributed by atoms with van der Waals surface area (Å²) in [7, 11) is 0. The van der Waals surface area contributed by atoms with E-state index in [0.29, 0.717) is 13.2 Å². The highest BCUT2D eigenvalue weighted by Gasteiger charge is 2.08. The maximum absolute atomic E-state index is 12.0. The number of nitrogens with one attached hydrogen (secondary N) is 1. The number of carbonyl (C=O) groups excluding carboxylic acids is 1. The maximum Gasteiger partial charge on any atom is 0.262 e. The van der Waals surface area contributed by atoms with Crippen LogP contribution in [0.1, 0.15) is 11.1 Å². The van der Waals surface area contributed by atoms with Crippen LogP contribution in [0.2, 0.25) is 0 Å². The molecule has 0 atom stereocenters. The number of amides is 1. The largest absolute Gasteiger partial charge is 0.492 e. The van der Waals surface area contributed by atoms with Crippen LogP contribution in [0.5, 0.6) is 5.75 Å². The Balaban J connectivity index is 1.82. The molecule has 0 saturated heterocycles. The third-order valence-electron chi connectivity index (χ3n) is 3.15. The first-order chi connectivity index (χ1) is 11.2. The highest BCUT2D eigenvalue weighted by Crippen LogP contribution is 2.11. The highest BCUT2D eigenvalue weighted by molar-refractivity contribution is 6.01. The maximum atomic E-state index is 12.0. The molecule has 116 valence electrons. The summed E-state index contributed by atoms with van der Waals surface area (Å²) in [6, 6.07) is 18.9. The highest BCUT2D eigenvalue weighted by atomic mass is 16.5. The topological polar surface area (TPSA) is 62.1 Å². The van der Waals surface area contributed by atoms with Crippen molar-refractivity contribution in [1.82, 2.24) is 5.32 Å². The Labute approximate surface area is 136 Å². The molecule has 1 N–H and O–H groups in total. The van der Waals surface area contributed by atoms with E-state index in [9.17, 15) is 4.79 Å². The fourth-order valence-electron chi connectivity index (χ4n) is 1.93. The number of nitrogens with zero attached hydrogens (tertiary/aromatic N) is 1. The van der Waals surface area contributed by atoms with E-state index < -0.39 is 5.91 Å². The number of hydrogen-bond donors (Lipinski definition) is 1. The summed E-state index contributed by atoms with van der Waals surface area (Å²) >= 11 is 0. The van der Waals surface area contributed by atoms with Crippen molar-refractivity contribution in [2.24, 2.45) is 0 Å². The minimum atomic E-state index is -0.399. The predicted molar refractivity (Wildman–Crippen MR) is 89.7 cm³/mol. The number of benzene rings is 2. The van der Waals surface area contributed by atoms with Crippen molar-refractivity contribution in [2.45, 2.75) is 6.92 Å². The third-order valence-corrected chi connectivity index (χ3v) is 3.15. The Morgan fingerprint density at radius 1 is 1.17 bits per heavy atom. The van der Waals surface area contributed by atoms with Gasteiger partial charge in [-0.15, -0.1) is 0 Å². The van der Waals surface area contributed by atoms with Crippen molar-refractivity contribution >= 4 is 12.0 Å². The fourth-order valence-corrected chi connectivity index (χ4v) is 1.93. The zero-order valence-electron chi connectivity index (χ0n) is 13.0. The quantitative estimate of drug-likeness (QED) is 0.507. The van der Waals surface area contributed by atoms with Gasteiger partial charge < -0.3 is 10.1 Å². The first-order valence-electron chi connectivity index (χ1n) is 7.33. The van der Waals surface area contributed by atoms with Gasteiger partial charge in [0.25, 0.3) is 5.91 Å². The minimum Gasteiger partial charge on any atom is -0.492 e. The van der Waals surface area contributed by atoms with Crippen LogP contribution in [-0.2, 0) is 4.79 Å². The molecule has 0 aliphatic heterocycles. The lowest BCUT2D eigenvalue weighted by Gasteiger charge is -2.07. The molecule has 23 heavy (non-hydrogen) atoms. The average Bonchev–Trinajstić information content (AvgIpc) is 2.59. The number of nitriles is 1. The monoisotopic (exact) mass is 306 g/mol. The molecule has 0 saturated carbocycles. The van der Waals surface area contributed by atoms with E-state index in [1.165, 1.54) is 0 Å². The number of carbonyl (C=O) groups is 1. The van der Waals surface area contributed by atoms with Gasteiger partial charge in [-0.1, -0.05) is 48.0 Å². The van der Waals surface area contributed by atoms with E-state index in [4.69, 9.17) is 10.00 Å². The van der Waals surface area contributed by atoms with E-state index in [-0.39, 0.29) is 5.57 Å². The summed E-state index contributed by atoms with van der Waals surface area (Å²) in [6.07, 6.45) is 1.57. The lowest BCUT2D eigenvalue weighted by Crippen LogP contribution is -2.29. The Bertz CT molecular complexity index is 713. The van der Waals surface area contributed by atoms with Gasteiger partial charge >= 0.3 is 0 Å². The molecule has 1 amide bonds. The molecule has 0 aliphatic rings. The van der Waals surface area contributed by atoms with Crippen LogP contribution in [0.3, 0.4) is 0 Å². The Morgan fingerprint density at radius 2 is 1.87 bits per heavy atom. The van der Waals surface area contributed by atoms with Crippen molar-refractivity contribution < 1.29 is 9.53 Å². The molecule has 0 unspecified atom stereocenters. The molecule has 2 aromatic rings. The van der Waals surface area contributed by atoms with Gasteiger partial charge in [0.15, 0.2) is 0 Å². The van der Waals surface area contributed by atoms with Crippen LogP contribution in [0, 0.1) is 18.3 Å². The van der Waals surface area contributed by atoms with Crippen LogP contribution in [0.15, 0.2) is 60.2 Å². The number of rotatable bonds is 6. The molecule has 0 aliphatic carbocycles. The number of hydrogen-bond acceptors (Lipinski definition) is 3. The molecular weight excluding hydrogens is 288 g/mol. The van der Waals surface area contributed by atoms with Crippen molar-refractivity contribution in [2.75, 3.05) is 13.2 Å². The van der Waals surface area contributed by atoms with Crippen LogP contribution in [-0.4, -0.2) is 19.1 Å². The lowest BCUT2D eigenvalue weighted by atomic mass is 10.1. The summed E-state index contributed by atoms with van der Waals surface area (Å²) < 4.78 is 5.53. The minimum absolute atomic E-state index is 0.0755. The van der Waals surface area contributed by atoms with Crippen molar-refractivity contribution in [3.05, 3.63) is 71.3 Å². The molecule has 0 fully saturated rings. The molecule has 4 nitrogen and oxygen atoms in total. The van der Waals surface area contributed by atoms with Gasteiger partial charge in [0.1, 0.15) is 24.0 Å². The summed E-state index contributed by atoms with van der Waals surface area (Å²) in [4.78, 5) is 12.0. The molecule has 0 bridgehead atoms. The van der Waals surface area contributed by atoms with Crippen molar-refractivity contribution in [3.8, 4) is 11.8 Å². The van der Waals surface area contributed by atoms with Crippen LogP contribution >= 0.6 is 0 Å². The van der Waals surface area contributed by atoms with Gasteiger partial charge in [-0.05, 0) is 30.7 Å². The lowest BCUT2D eigenvalue weighted by molar-refractivity contribution is -0.117.